The van der Waals surface area contributed by atoms with E-state index < -0.39 is 5.91 Å². The smallest absolute Gasteiger partial charge is 0.241 e. The van der Waals surface area contributed by atoms with Gasteiger partial charge in [0.1, 0.15) is 6.42 Å². The van der Waals surface area contributed by atoms with Crippen LogP contribution in [0.1, 0.15) is 24.5 Å². The van der Waals surface area contributed by atoms with Crippen LogP contribution in [0.25, 0.3) is 10.8 Å². The standard InChI is InChI=1S/C23H18N4O3/c1-14(28)25-13-16-5-6-17-7-8-20-23(19(17)10-16)26-21(29)11-22(30)27(20)18-4-2-3-15(9-18)12-24/h2-10H,11,13H2,1H3,(H,25,28)(H,26,29). The minimum atomic E-state index is -0.403. The third kappa shape index (κ3) is 3.59. The minimum Gasteiger partial charge on any atom is -0.352 e. The lowest BCUT2D eigenvalue weighted by molar-refractivity contribution is -0.124. The SMILES string of the molecule is CC(=O)NCc1ccc2ccc3c(c2c1)NC(=O)CC(=O)N3c1cccc(C#N)c1. The van der Waals surface area contributed by atoms with Gasteiger partial charge in [0.25, 0.3) is 0 Å². The van der Waals surface area contributed by atoms with Gasteiger partial charge in [0.2, 0.25) is 17.7 Å². The Balaban J connectivity index is 1.90. The topological polar surface area (TPSA) is 102 Å². The molecule has 0 atom stereocenters. The fourth-order valence-corrected chi connectivity index (χ4v) is 3.54. The number of hydrogen-bond donors (Lipinski definition) is 2. The van der Waals surface area contributed by atoms with E-state index in [4.69, 9.17) is 0 Å². The number of carbonyl (C=O) groups excluding carboxylic acids is 3. The Bertz CT molecular complexity index is 1240. The van der Waals surface area contributed by atoms with Gasteiger partial charge in [-0.3, -0.25) is 19.3 Å². The minimum absolute atomic E-state index is 0.135. The first-order valence-electron chi connectivity index (χ1n) is 9.39. The van der Waals surface area contributed by atoms with Crippen molar-refractivity contribution in [1.29, 1.82) is 5.26 Å². The molecule has 0 unspecified atom stereocenters. The third-order valence-corrected chi connectivity index (χ3v) is 4.91. The molecule has 1 aliphatic rings. The lowest BCUT2D eigenvalue weighted by Gasteiger charge is -2.23. The summed E-state index contributed by atoms with van der Waals surface area (Å²) in [5.41, 5.74) is 2.86. The molecule has 1 aliphatic heterocycles. The number of anilines is 3. The molecule has 0 saturated carbocycles. The highest BCUT2D eigenvalue weighted by Crippen LogP contribution is 2.40. The summed E-state index contributed by atoms with van der Waals surface area (Å²) in [6.07, 6.45) is -0.307. The zero-order valence-electron chi connectivity index (χ0n) is 16.2. The van der Waals surface area contributed by atoms with Crippen LogP contribution in [0.3, 0.4) is 0 Å². The molecular formula is C23H18N4O3. The Kier molecular flexibility index (Phi) is 4.90. The first-order chi connectivity index (χ1) is 14.5. The van der Waals surface area contributed by atoms with Crippen molar-refractivity contribution in [2.45, 2.75) is 19.9 Å². The summed E-state index contributed by atoms with van der Waals surface area (Å²) in [6.45, 7) is 1.81. The maximum absolute atomic E-state index is 12.9. The Morgan fingerprint density at radius 2 is 1.97 bits per heavy atom. The molecule has 1 heterocycles. The molecule has 0 aromatic heterocycles. The van der Waals surface area contributed by atoms with E-state index in [1.807, 2.05) is 24.3 Å². The number of nitriles is 1. The van der Waals surface area contributed by atoms with Crippen molar-refractivity contribution in [3.05, 3.63) is 65.7 Å². The number of nitrogens with zero attached hydrogens (tertiary/aromatic N) is 2. The van der Waals surface area contributed by atoms with Crippen LogP contribution in [0.5, 0.6) is 0 Å². The predicted molar refractivity (Wildman–Crippen MR) is 113 cm³/mol. The zero-order chi connectivity index (χ0) is 21.3. The van der Waals surface area contributed by atoms with Gasteiger partial charge in [0.05, 0.1) is 28.7 Å². The monoisotopic (exact) mass is 398 g/mol. The molecule has 30 heavy (non-hydrogen) atoms. The van der Waals surface area contributed by atoms with Crippen molar-refractivity contribution >= 4 is 45.6 Å². The molecule has 3 amide bonds. The van der Waals surface area contributed by atoms with Crippen LogP contribution in [0, 0.1) is 11.3 Å². The second kappa shape index (κ2) is 7.68. The van der Waals surface area contributed by atoms with Crippen LogP contribution in [-0.2, 0) is 20.9 Å². The number of benzene rings is 3. The maximum Gasteiger partial charge on any atom is 0.241 e. The number of nitrogens with one attached hydrogen (secondary N) is 2. The molecule has 0 radical (unpaired) electrons. The van der Waals surface area contributed by atoms with E-state index in [2.05, 4.69) is 16.7 Å². The van der Waals surface area contributed by atoms with Gasteiger partial charge >= 0.3 is 0 Å². The van der Waals surface area contributed by atoms with Crippen LogP contribution in [-0.4, -0.2) is 17.7 Å². The molecule has 0 bridgehead atoms. The average molecular weight is 398 g/mol. The lowest BCUT2D eigenvalue weighted by Crippen LogP contribution is -2.26. The first-order valence-corrected chi connectivity index (χ1v) is 9.39. The molecular weight excluding hydrogens is 380 g/mol. The normalized spacial score (nSPS) is 13.3. The van der Waals surface area contributed by atoms with Gasteiger partial charge in [-0.1, -0.05) is 24.3 Å². The van der Waals surface area contributed by atoms with Gasteiger partial charge < -0.3 is 10.6 Å². The molecule has 7 heteroatoms. The number of fused-ring (bicyclic) bond motifs is 3. The van der Waals surface area contributed by atoms with E-state index in [1.54, 1.807) is 30.3 Å². The van der Waals surface area contributed by atoms with Gasteiger partial charge in [-0.15, -0.1) is 0 Å². The highest BCUT2D eigenvalue weighted by molar-refractivity contribution is 6.21. The number of carbonyl (C=O) groups is 3. The lowest BCUT2D eigenvalue weighted by atomic mass is 10.0. The van der Waals surface area contributed by atoms with Crippen molar-refractivity contribution in [3.8, 4) is 6.07 Å². The molecule has 3 aromatic carbocycles. The quantitative estimate of drug-likeness (QED) is 0.661. The van der Waals surface area contributed by atoms with Crippen molar-refractivity contribution in [3.63, 3.8) is 0 Å². The van der Waals surface area contributed by atoms with E-state index in [0.717, 1.165) is 16.3 Å². The van der Waals surface area contributed by atoms with Crippen molar-refractivity contribution in [1.82, 2.24) is 5.32 Å². The number of amides is 3. The van der Waals surface area contributed by atoms with Crippen LogP contribution < -0.4 is 15.5 Å². The van der Waals surface area contributed by atoms with Crippen molar-refractivity contribution in [2.75, 3.05) is 10.2 Å². The first kappa shape index (κ1) is 19.2. The number of rotatable bonds is 3. The molecule has 148 valence electrons. The second-order valence-corrected chi connectivity index (χ2v) is 7.04. The van der Waals surface area contributed by atoms with E-state index in [1.165, 1.54) is 11.8 Å². The fourth-order valence-electron chi connectivity index (χ4n) is 3.54. The summed E-state index contributed by atoms with van der Waals surface area (Å²) >= 11 is 0. The van der Waals surface area contributed by atoms with Gasteiger partial charge in [-0.25, -0.2) is 0 Å². The summed E-state index contributed by atoms with van der Waals surface area (Å²) in [6, 6.07) is 18.2. The predicted octanol–water partition coefficient (Wildman–Crippen LogP) is 3.35. The summed E-state index contributed by atoms with van der Waals surface area (Å²) in [4.78, 5) is 38.1. The largest absolute Gasteiger partial charge is 0.352 e. The fraction of sp³-hybridized carbons (Fsp3) is 0.130. The average Bonchev–Trinajstić information content (AvgIpc) is 2.86. The molecule has 4 rings (SSSR count). The van der Waals surface area contributed by atoms with E-state index >= 15 is 0 Å². The van der Waals surface area contributed by atoms with Crippen molar-refractivity contribution in [2.24, 2.45) is 0 Å². The summed E-state index contributed by atoms with van der Waals surface area (Å²) in [5.74, 6) is -0.917. The Morgan fingerprint density at radius 3 is 2.73 bits per heavy atom. The van der Waals surface area contributed by atoms with Crippen LogP contribution in [0.15, 0.2) is 54.6 Å². The van der Waals surface area contributed by atoms with E-state index in [-0.39, 0.29) is 18.2 Å². The summed E-state index contributed by atoms with van der Waals surface area (Å²) in [5, 5.41) is 16.5. The zero-order valence-corrected chi connectivity index (χ0v) is 16.2. The highest BCUT2D eigenvalue weighted by atomic mass is 16.2. The van der Waals surface area contributed by atoms with Crippen LogP contribution in [0.2, 0.25) is 0 Å². The van der Waals surface area contributed by atoms with E-state index in [0.29, 0.717) is 29.2 Å². The van der Waals surface area contributed by atoms with Gasteiger partial charge in [0.15, 0.2) is 0 Å². The van der Waals surface area contributed by atoms with E-state index in [9.17, 15) is 19.6 Å². The summed E-state index contributed by atoms with van der Waals surface area (Å²) < 4.78 is 0. The Labute approximate surface area is 172 Å². The van der Waals surface area contributed by atoms with Crippen LogP contribution >= 0.6 is 0 Å². The molecule has 2 N–H and O–H groups in total. The molecule has 0 saturated heterocycles. The molecule has 0 spiro atoms. The highest BCUT2D eigenvalue weighted by Gasteiger charge is 2.29. The van der Waals surface area contributed by atoms with Crippen molar-refractivity contribution < 1.29 is 14.4 Å². The van der Waals surface area contributed by atoms with Gasteiger partial charge in [0, 0.05) is 18.9 Å². The maximum atomic E-state index is 12.9. The molecule has 3 aromatic rings. The van der Waals surface area contributed by atoms with Crippen LogP contribution in [0.4, 0.5) is 17.1 Å². The van der Waals surface area contributed by atoms with Gasteiger partial charge in [-0.05, 0) is 41.3 Å². The molecule has 7 nitrogen and oxygen atoms in total. The third-order valence-electron chi connectivity index (χ3n) is 4.91. The Morgan fingerprint density at radius 1 is 1.17 bits per heavy atom. The van der Waals surface area contributed by atoms with Gasteiger partial charge in [-0.2, -0.15) is 5.26 Å². The Hall–Kier alpha value is -4.18. The molecule has 0 fully saturated rings. The summed E-state index contributed by atoms with van der Waals surface area (Å²) in [7, 11) is 0. The second-order valence-electron chi connectivity index (χ2n) is 7.04. The molecule has 0 aliphatic carbocycles. The number of hydrogen-bond acceptors (Lipinski definition) is 4.